The lowest BCUT2D eigenvalue weighted by atomic mass is 9.71. The lowest BCUT2D eigenvalue weighted by Crippen LogP contribution is -2.68. The van der Waals surface area contributed by atoms with Crippen LogP contribution < -0.4 is 14.8 Å². The number of aromatic hydroxyl groups is 2. The number of amides is 1. The number of nitrogens with zero attached hydrogens (tertiary/aromatic N) is 3. The maximum atomic E-state index is 12.7. The molecule has 2 aromatic carbocycles. The number of hydrogen-bond acceptors (Lipinski definition) is 8. The lowest BCUT2D eigenvalue weighted by Gasteiger charge is -2.60. The molecular weight excluding hydrogens is 496 g/mol. The van der Waals surface area contributed by atoms with Gasteiger partial charge in [-0.05, 0) is 57.4 Å². The number of piperazine rings is 1. The number of fused-ring (bicyclic) bond motifs is 9. The van der Waals surface area contributed by atoms with Crippen molar-refractivity contribution in [1.29, 1.82) is 5.26 Å². The van der Waals surface area contributed by atoms with Gasteiger partial charge < -0.3 is 25.0 Å². The van der Waals surface area contributed by atoms with Crippen molar-refractivity contribution in [1.82, 2.24) is 15.1 Å². The van der Waals surface area contributed by atoms with E-state index in [0.717, 1.165) is 33.4 Å². The predicted octanol–water partition coefficient (Wildman–Crippen LogP) is 3.30. The van der Waals surface area contributed by atoms with E-state index in [1.165, 1.54) is 0 Å². The number of aryl methyl sites for hydroxylation is 1. The summed E-state index contributed by atoms with van der Waals surface area (Å²) in [4.78, 5) is 17.2. The summed E-state index contributed by atoms with van der Waals surface area (Å²) >= 11 is 0. The van der Waals surface area contributed by atoms with E-state index in [-0.39, 0.29) is 49.0 Å². The number of ether oxygens (including phenoxy) is 2. The molecule has 0 saturated carbocycles. The van der Waals surface area contributed by atoms with Crippen molar-refractivity contribution in [3.63, 3.8) is 0 Å². The summed E-state index contributed by atoms with van der Waals surface area (Å²) in [6.45, 7) is 9.76. The maximum Gasteiger partial charge on any atom is 0.231 e. The van der Waals surface area contributed by atoms with Gasteiger partial charge >= 0.3 is 0 Å². The SMILES string of the molecule is Cc1cc2c(c(O)c1C)C1C3Cc4c(O)c(C)c5c(c4[C@H](CNC(=O)C(C)C)N3[C@@H](C#N)[C@H](C2)N1C)OCO5. The van der Waals surface area contributed by atoms with Crippen LogP contribution in [0.25, 0.3) is 0 Å². The number of nitrogens with one attached hydrogen (secondary N) is 1. The molecule has 0 aromatic heterocycles. The van der Waals surface area contributed by atoms with E-state index in [0.29, 0.717) is 35.7 Å². The zero-order chi connectivity index (χ0) is 27.9. The highest BCUT2D eigenvalue weighted by Crippen LogP contribution is 2.57. The zero-order valence-corrected chi connectivity index (χ0v) is 23.3. The monoisotopic (exact) mass is 532 g/mol. The third kappa shape index (κ3) is 3.54. The third-order valence-electron chi connectivity index (χ3n) is 9.46. The average Bonchev–Trinajstić information content (AvgIpc) is 3.39. The molecule has 39 heavy (non-hydrogen) atoms. The van der Waals surface area contributed by atoms with Crippen molar-refractivity contribution in [2.45, 2.75) is 77.7 Å². The fourth-order valence-electron chi connectivity index (χ4n) is 7.31. The number of phenols is 2. The molecule has 2 unspecified atom stereocenters. The lowest BCUT2D eigenvalue weighted by molar-refractivity contribution is -0.125. The van der Waals surface area contributed by atoms with Gasteiger partial charge in [-0.1, -0.05) is 19.9 Å². The molecule has 4 heterocycles. The van der Waals surface area contributed by atoms with Crippen LogP contribution >= 0.6 is 0 Å². The first kappa shape index (κ1) is 25.8. The first-order chi connectivity index (χ1) is 18.6. The number of likely N-dealkylation sites (N-methyl/N-ethyl adjacent to an activating group) is 1. The van der Waals surface area contributed by atoms with Crippen molar-refractivity contribution in [2.24, 2.45) is 5.92 Å². The fourth-order valence-corrected chi connectivity index (χ4v) is 7.31. The largest absolute Gasteiger partial charge is 0.507 e. The molecule has 0 radical (unpaired) electrons. The molecule has 0 spiro atoms. The topological polar surface area (TPSA) is 118 Å². The second-order valence-corrected chi connectivity index (χ2v) is 11.8. The van der Waals surface area contributed by atoms with E-state index in [1.54, 1.807) is 0 Å². The third-order valence-corrected chi connectivity index (χ3v) is 9.46. The van der Waals surface area contributed by atoms with E-state index in [2.05, 4.69) is 27.3 Å². The number of hydrogen-bond donors (Lipinski definition) is 3. The van der Waals surface area contributed by atoms with Crippen molar-refractivity contribution < 1.29 is 24.5 Å². The van der Waals surface area contributed by atoms with Crippen molar-refractivity contribution in [3.05, 3.63) is 45.0 Å². The molecular formula is C30H36N4O5. The Kier molecular flexibility index (Phi) is 5.97. The summed E-state index contributed by atoms with van der Waals surface area (Å²) in [6, 6.07) is 3.29. The fraction of sp³-hybridized carbons (Fsp3) is 0.533. The second-order valence-electron chi connectivity index (χ2n) is 11.8. The van der Waals surface area contributed by atoms with E-state index < -0.39 is 12.1 Å². The summed E-state index contributed by atoms with van der Waals surface area (Å²) in [5.41, 5.74) is 6.01. The molecule has 2 aromatic rings. The molecule has 206 valence electrons. The first-order valence-corrected chi connectivity index (χ1v) is 13.7. The van der Waals surface area contributed by atoms with Crippen molar-refractivity contribution in [3.8, 4) is 29.1 Å². The van der Waals surface area contributed by atoms with Crippen molar-refractivity contribution >= 4 is 5.91 Å². The highest BCUT2D eigenvalue weighted by Gasteiger charge is 2.56. The molecule has 6 rings (SSSR count). The molecule has 5 atom stereocenters. The normalized spacial score (nSPS) is 27.0. The second kappa shape index (κ2) is 9.04. The van der Waals surface area contributed by atoms with Gasteiger partial charge in [0.05, 0.1) is 18.2 Å². The predicted molar refractivity (Wildman–Crippen MR) is 144 cm³/mol. The number of phenolic OH excluding ortho intramolecular Hbond substituents is 2. The minimum Gasteiger partial charge on any atom is -0.507 e. The van der Waals surface area contributed by atoms with Crippen LogP contribution in [0, 0.1) is 38.0 Å². The van der Waals surface area contributed by atoms with Gasteiger partial charge in [0, 0.05) is 46.8 Å². The quantitative estimate of drug-likeness (QED) is 0.551. The summed E-state index contributed by atoms with van der Waals surface area (Å²) in [5, 5.41) is 36.6. The highest BCUT2D eigenvalue weighted by molar-refractivity contribution is 5.78. The van der Waals surface area contributed by atoms with Crippen LogP contribution in [0.4, 0.5) is 0 Å². The Bertz CT molecular complexity index is 1430. The molecule has 1 fully saturated rings. The van der Waals surface area contributed by atoms with Crippen molar-refractivity contribution in [2.75, 3.05) is 20.4 Å². The van der Waals surface area contributed by atoms with Gasteiger partial charge in [0.25, 0.3) is 0 Å². The molecule has 1 saturated heterocycles. The number of nitriles is 1. The van der Waals surface area contributed by atoms with Crippen LogP contribution in [0.1, 0.15) is 64.9 Å². The number of carbonyl (C=O) groups excluding carboxylic acids is 1. The van der Waals surface area contributed by atoms with Crippen LogP contribution in [0.5, 0.6) is 23.0 Å². The highest BCUT2D eigenvalue weighted by atomic mass is 16.7. The van der Waals surface area contributed by atoms with Gasteiger partial charge in [0.1, 0.15) is 17.5 Å². The minimum absolute atomic E-state index is 0.0517. The Morgan fingerprint density at radius 1 is 1.10 bits per heavy atom. The van der Waals surface area contributed by atoms with Gasteiger partial charge in [-0.15, -0.1) is 0 Å². The number of rotatable bonds is 3. The molecule has 4 aliphatic rings. The Hall–Kier alpha value is -3.48. The van der Waals surface area contributed by atoms with Gasteiger partial charge in [0.15, 0.2) is 11.5 Å². The van der Waals surface area contributed by atoms with E-state index in [9.17, 15) is 20.3 Å². The maximum absolute atomic E-state index is 12.7. The average molecular weight is 533 g/mol. The number of carbonyl (C=O) groups is 1. The summed E-state index contributed by atoms with van der Waals surface area (Å²) in [5.74, 6) is 1.28. The molecule has 9 heteroatoms. The smallest absolute Gasteiger partial charge is 0.231 e. The molecule has 1 amide bonds. The van der Waals surface area contributed by atoms with E-state index >= 15 is 0 Å². The molecule has 3 N–H and O–H groups in total. The van der Waals surface area contributed by atoms with Gasteiger partial charge in [-0.25, -0.2) is 0 Å². The summed E-state index contributed by atoms with van der Waals surface area (Å²) in [7, 11) is 2.03. The molecule has 2 bridgehead atoms. The van der Waals surface area contributed by atoms with Gasteiger partial charge in [0.2, 0.25) is 12.7 Å². The van der Waals surface area contributed by atoms with E-state index in [1.807, 2.05) is 41.7 Å². The number of benzene rings is 2. The summed E-state index contributed by atoms with van der Waals surface area (Å²) in [6.07, 6.45) is 1.09. The summed E-state index contributed by atoms with van der Waals surface area (Å²) < 4.78 is 11.7. The first-order valence-electron chi connectivity index (χ1n) is 13.7. The van der Waals surface area contributed by atoms with Gasteiger partial charge in [-0.3, -0.25) is 14.6 Å². The Balaban J connectivity index is 1.58. The van der Waals surface area contributed by atoms with Crippen LogP contribution in [0.15, 0.2) is 6.07 Å². The van der Waals surface area contributed by atoms with Gasteiger partial charge in [-0.2, -0.15) is 5.26 Å². The van der Waals surface area contributed by atoms with Crippen LogP contribution in [0.3, 0.4) is 0 Å². The minimum atomic E-state index is -0.483. The molecule has 0 aliphatic carbocycles. The Morgan fingerprint density at radius 3 is 2.51 bits per heavy atom. The van der Waals surface area contributed by atoms with E-state index in [4.69, 9.17) is 9.47 Å². The molecule has 4 aliphatic heterocycles. The van der Waals surface area contributed by atoms with Crippen LogP contribution in [-0.2, 0) is 17.6 Å². The zero-order valence-electron chi connectivity index (χ0n) is 23.3. The van der Waals surface area contributed by atoms with Crippen LogP contribution in [0.2, 0.25) is 0 Å². The Morgan fingerprint density at radius 2 is 1.82 bits per heavy atom. The standard InChI is InChI=1S/C30H36N4O5/c1-13(2)30(37)32-11-22-24-18(26(35)16(5)28-29(24)39-12-38-28)9-20-25-23-17(7-14(3)15(4)27(23)36)8-19(33(25)6)21(10-31)34(20)22/h7,13,19-22,25,35-36H,8-9,11-12H2,1-6H3,(H,32,37)/t19-,20?,21-,22-,25?/m0/s1. The Labute approximate surface area is 228 Å². The van der Waals surface area contributed by atoms with Crippen LogP contribution in [-0.4, -0.2) is 64.4 Å². The molecule has 9 nitrogen and oxygen atoms in total.